The smallest absolute Gasteiger partial charge is 0.146 e. The van der Waals surface area contributed by atoms with Gasteiger partial charge in [-0.25, -0.2) is 4.39 Å². The Labute approximate surface area is 134 Å². The maximum atomic E-state index is 14.5. The minimum absolute atomic E-state index is 0.00210. The van der Waals surface area contributed by atoms with Crippen LogP contribution in [0.1, 0.15) is 52.0 Å². The van der Waals surface area contributed by atoms with Gasteiger partial charge in [0.15, 0.2) is 0 Å². The van der Waals surface area contributed by atoms with E-state index in [0.29, 0.717) is 0 Å². The first-order valence-electron chi connectivity index (χ1n) is 8.74. The van der Waals surface area contributed by atoms with Crippen LogP contribution < -0.4 is 4.90 Å². The van der Waals surface area contributed by atoms with Crippen LogP contribution in [-0.2, 0) is 5.41 Å². The summed E-state index contributed by atoms with van der Waals surface area (Å²) in [6, 6.07) is 6.51. The van der Waals surface area contributed by atoms with Crippen molar-refractivity contribution in [3.8, 4) is 0 Å². The summed E-state index contributed by atoms with van der Waals surface area (Å²) in [6.07, 6.45) is 5.03. The van der Waals surface area contributed by atoms with Crippen molar-refractivity contribution in [2.45, 2.75) is 57.9 Å². The minimum atomic E-state index is -0.0629. The highest BCUT2D eigenvalue weighted by Gasteiger charge is 2.27. The fraction of sp³-hybridized carbons (Fsp3) is 0.684. The van der Waals surface area contributed by atoms with Crippen molar-refractivity contribution in [1.29, 1.82) is 0 Å². The van der Waals surface area contributed by atoms with Gasteiger partial charge in [0.25, 0.3) is 0 Å². The van der Waals surface area contributed by atoms with Gasteiger partial charge in [0.2, 0.25) is 0 Å². The standard InChI is InChI=1S/C19H29FN2/c1-19(2,3)15-6-7-18(17(20)14-15)22-12-8-16(9-13-22)21-10-4-5-11-21/h6-7,14,16H,4-5,8-13H2,1-3H3. The molecular weight excluding hydrogens is 275 g/mol. The first-order chi connectivity index (χ1) is 10.4. The van der Waals surface area contributed by atoms with Crippen LogP contribution in [0.4, 0.5) is 10.1 Å². The Balaban J connectivity index is 1.66. The average molecular weight is 304 g/mol. The van der Waals surface area contributed by atoms with E-state index >= 15 is 0 Å². The summed E-state index contributed by atoms with van der Waals surface area (Å²) < 4.78 is 14.5. The van der Waals surface area contributed by atoms with Crippen LogP contribution >= 0.6 is 0 Å². The molecule has 122 valence electrons. The lowest BCUT2D eigenvalue weighted by molar-refractivity contribution is 0.207. The fourth-order valence-corrected chi connectivity index (χ4v) is 3.81. The summed E-state index contributed by atoms with van der Waals surface area (Å²) >= 11 is 0. The summed E-state index contributed by atoms with van der Waals surface area (Å²) in [5.74, 6) is -0.0629. The molecule has 1 aromatic carbocycles. The SMILES string of the molecule is CC(C)(C)c1ccc(N2CCC(N3CCCC3)CC2)c(F)c1. The molecule has 0 atom stereocenters. The van der Waals surface area contributed by atoms with Crippen LogP contribution in [0.15, 0.2) is 18.2 Å². The van der Waals surface area contributed by atoms with Crippen LogP contribution in [0.2, 0.25) is 0 Å². The van der Waals surface area contributed by atoms with Crippen molar-refractivity contribution in [3.63, 3.8) is 0 Å². The van der Waals surface area contributed by atoms with Gasteiger partial charge in [0.1, 0.15) is 5.82 Å². The van der Waals surface area contributed by atoms with Crippen molar-refractivity contribution < 1.29 is 4.39 Å². The molecule has 0 radical (unpaired) electrons. The Morgan fingerprint density at radius 1 is 1.00 bits per heavy atom. The fourth-order valence-electron chi connectivity index (χ4n) is 3.81. The number of rotatable bonds is 2. The van der Waals surface area contributed by atoms with Crippen molar-refractivity contribution in [1.82, 2.24) is 4.90 Å². The number of benzene rings is 1. The summed E-state index contributed by atoms with van der Waals surface area (Å²) in [5, 5.41) is 0. The maximum Gasteiger partial charge on any atom is 0.146 e. The Morgan fingerprint density at radius 2 is 1.64 bits per heavy atom. The second-order valence-electron chi connectivity index (χ2n) is 7.88. The molecule has 2 fully saturated rings. The molecule has 0 unspecified atom stereocenters. The maximum absolute atomic E-state index is 14.5. The second-order valence-corrected chi connectivity index (χ2v) is 7.88. The van der Waals surface area contributed by atoms with Gasteiger partial charge in [-0.1, -0.05) is 26.8 Å². The molecule has 0 amide bonds. The van der Waals surface area contributed by atoms with E-state index in [4.69, 9.17) is 0 Å². The molecular formula is C19H29FN2. The first kappa shape index (κ1) is 15.8. The monoisotopic (exact) mass is 304 g/mol. The number of hydrogen-bond acceptors (Lipinski definition) is 2. The van der Waals surface area contributed by atoms with E-state index in [1.807, 2.05) is 6.07 Å². The number of piperidine rings is 1. The van der Waals surface area contributed by atoms with Crippen molar-refractivity contribution >= 4 is 5.69 Å². The molecule has 2 aliphatic heterocycles. The Kier molecular flexibility index (Phi) is 4.44. The van der Waals surface area contributed by atoms with Crippen LogP contribution in [-0.4, -0.2) is 37.1 Å². The molecule has 1 aromatic rings. The van der Waals surface area contributed by atoms with Gasteiger partial charge >= 0.3 is 0 Å². The topological polar surface area (TPSA) is 6.48 Å². The quantitative estimate of drug-likeness (QED) is 0.808. The van der Waals surface area contributed by atoms with Gasteiger partial charge in [0, 0.05) is 19.1 Å². The van der Waals surface area contributed by atoms with E-state index in [2.05, 4.69) is 36.6 Å². The van der Waals surface area contributed by atoms with E-state index in [1.54, 1.807) is 6.07 Å². The van der Waals surface area contributed by atoms with Crippen LogP contribution in [0.5, 0.6) is 0 Å². The van der Waals surface area contributed by atoms with Gasteiger partial charge < -0.3 is 9.80 Å². The van der Waals surface area contributed by atoms with E-state index in [9.17, 15) is 4.39 Å². The van der Waals surface area contributed by atoms with Crippen molar-refractivity contribution in [3.05, 3.63) is 29.6 Å². The lowest BCUT2D eigenvalue weighted by Crippen LogP contribution is -2.44. The molecule has 22 heavy (non-hydrogen) atoms. The summed E-state index contributed by atoms with van der Waals surface area (Å²) in [7, 11) is 0. The lowest BCUT2D eigenvalue weighted by atomic mass is 9.87. The molecule has 3 heteroatoms. The van der Waals surface area contributed by atoms with Crippen LogP contribution in [0.25, 0.3) is 0 Å². The highest BCUT2D eigenvalue weighted by molar-refractivity contribution is 5.50. The molecule has 2 nitrogen and oxygen atoms in total. The summed E-state index contributed by atoms with van der Waals surface area (Å²) in [4.78, 5) is 4.87. The number of halogens is 1. The molecule has 0 saturated carbocycles. The third-order valence-corrected chi connectivity index (χ3v) is 5.28. The lowest BCUT2D eigenvalue weighted by Gasteiger charge is -2.38. The number of hydrogen-bond donors (Lipinski definition) is 0. The van der Waals surface area contributed by atoms with E-state index in [0.717, 1.165) is 30.4 Å². The van der Waals surface area contributed by atoms with Gasteiger partial charge in [-0.15, -0.1) is 0 Å². The molecule has 0 aromatic heterocycles. The molecule has 2 aliphatic rings. The Hall–Kier alpha value is -1.09. The van der Waals surface area contributed by atoms with Gasteiger partial charge in [0.05, 0.1) is 5.69 Å². The Bertz CT molecular complexity index is 507. The summed E-state index contributed by atoms with van der Waals surface area (Å²) in [6.45, 7) is 10.9. The molecule has 0 aliphatic carbocycles. The largest absolute Gasteiger partial charge is 0.369 e. The second kappa shape index (κ2) is 6.19. The average Bonchev–Trinajstić information content (AvgIpc) is 3.01. The molecule has 2 heterocycles. The van der Waals surface area contributed by atoms with Crippen LogP contribution in [0, 0.1) is 5.82 Å². The zero-order chi connectivity index (χ0) is 15.7. The number of anilines is 1. The van der Waals surface area contributed by atoms with E-state index < -0.39 is 0 Å². The van der Waals surface area contributed by atoms with Crippen molar-refractivity contribution in [2.75, 3.05) is 31.1 Å². The van der Waals surface area contributed by atoms with E-state index in [1.165, 1.54) is 38.8 Å². The number of likely N-dealkylation sites (tertiary alicyclic amines) is 1. The molecule has 3 rings (SSSR count). The zero-order valence-corrected chi connectivity index (χ0v) is 14.2. The molecule has 2 saturated heterocycles. The van der Waals surface area contributed by atoms with Gasteiger partial charge in [-0.05, 0) is 61.9 Å². The zero-order valence-electron chi connectivity index (χ0n) is 14.2. The van der Waals surface area contributed by atoms with Gasteiger partial charge in [-0.3, -0.25) is 0 Å². The minimum Gasteiger partial charge on any atom is -0.369 e. The number of nitrogens with zero attached hydrogens (tertiary/aromatic N) is 2. The third-order valence-electron chi connectivity index (χ3n) is 5.28. The van der Waals surface area contributed by atoms with Crippen LogP contribution in [0.3, 0.4) is 0 Å². The van der Waals surface area contributed by atoms with Crippen molar-refractivity contribution in [2.24, 2.45) is 0 Å². The summed E-state index contributed by atoms with van der Waals surface area (Å²) in [5.41, 5.74) is 1.86. The highest BCUT2D eigenvalue weighted by atomic mass is 19.1. The molecule has 0 bridgehead atoms. The van der Waals surface area contributed by atoms with Gasteiger partial charge in [-0.2, -0.15) is 0 Å². The predicted molar refractivity (Wildman–Crippen MR) is 91.1 cm³/mol. The first-order valence-corrected chi connectivity index (χ1v) is 8.74. The molecule has 0 spiro atoms. The predicted octanol–water partition coefficient (Wildman–Crippen LogP) is 4.19. The molecule has 0 N–H and O–H groups in total. The highest BCUT2D eigenvalue weighted by Crippen LogP contribution is 2.30. The van der Waals surface area contributed by atoms with E-state index in [-0.39, 0.29) is 11.2 Å². The normalized spacial score (nSPS) is 21.5. The Morgan fingerprint density at radius 3 is 2.18 bits per heavy atom. The third kappa shape index (κ3) is 3.29.